The number of ether oxygens (including phenoxy) is 2. The Morgan fingerprint density at radius 2 is 2.11 bits per heavy atom. The van der Waals surface area contributed by atoms with Gasteiger partial charge in [0, 0.05) is 6.07 Å². The summed E-state index contributed by atoms with van der Waals surface area (Å²) in [6.07, 6.45) is 1.80. The fourth-order valence-electron chi connectivity index (χ4n) is 1.39. The van der Waals surface area contributed by atoms with Gasteiger partial charge in [-0.25, -0.2) is 4.79 Å². The Morgan fingerprint density at radius 1 is 1.39 bits per heavy atom. The van der Waals surface area contributed by atoms with Crippen LogP contribution in [0.3, 0.4) is 0 Å². The van der Waals surface area contributed by atoms with E-state index in [0.717, 1.165) is 12.8 Å². The smallest absolute Gasteiger partial charge is 0.341 e. The van der Waals surface area contributed by atoms with Crippen LogP contribution < -0.4 is 10.5 Å². The molecule has 1 aromatic carbocycles. The van der Waals surface area contributed by atoms with E-state index < -0.39 is 5.97 Å². The van der Waals surface area contributed by atoms with Gasteiger partial charge in [0.25, 0.3) is 0 Å². The zero-order valence-electron chi connectivity index (χ0n) is 10.7. The third-order valence-corrected chi connectivity index (χ3v) is 2.68. The first-order chi connectivity index (χ1) is 8.60. The van der Waals surface area contributed by atoms with Crippen molar-refractivity contribution in [2.75, 3.05) is 18.9 Å². The summed E-state index contributed by atoms with van der Waals surface area (Å²) in [5, 5.41) is 0.320. The van der Waals surface area contributed by atoms with Crippen molar-refractivity contribution in [3.63, 3.8) is 0 Å². The maximum absolute atomic E-state index is 11.9. The van der Waals surface area contributed by atoms with Crippen LogP contribution in [0.1, 0.15) is 37.0 Å². The van der Waals surface area contributed by atoms with Gasteiger partial charge in [0.15, 0.2) is 0 Å². The highest BCUT2D eigenvalue weighted by molar-refractivity contribution is 6.33. The van der Waals surface area contributed by atoms with Crippen molar-refractivity contribution in [1.29, 1.82) is 0 Å². The van der Waals surface area contributed by atoms with E-state index in [-0.39, 0.29) is 0 Å². The van der Waals surface area contributed by atoms with Gasteiger partial charge in [-0.1, -0.05) is 24.9 Å². The highest BCUT2D eigenvalue weighted by Crippen LogP contribution is 2.29. The quantitative estimate of drug-likeness (QED) is 0.490. The number of rotatable bonds is 6. The van der Waals surface area contributed by atoms with E-state index in [4.69, 9.17) is 26.8 Å². The number of anilines is 1. The lowest BCUT2D eigenvalue weighted by atomic mass is 10.2. The molecular formula is C13H18ClNO3. The van der Waals surface area contributed by atoms with E-state index in [2.05, 4.69) is 0 Å². The molecule has 0 unspecified atom stereocenters. The number of benzene rings is 1. The lowest BCUT2D eigenvalue weighted by Crippen LogP contribution is -2.09. The van der Waals surface area contributed by atoms with Crippen molar-refractivity contribution in [2.45, 2.75) is 26.7 Å². The Hall–Kier alpha value is -1.42. The first kappa shape index (κ1) is 14.6. The molecule has 0 saturated carbocycles. The van der Waals surface area contributed by atoms with Gasteiger partial charge < -0.3 is 15.2 Å². The number of nitrogens with two attached hydrogens (primary N) is 1. The average Bonchev–Trinajstić information content (AvgIpc) is 2.34. The predicted molar refractivity (Wildman–Crippen MR) is 72.2 cm³/mol. The van der Waals surface area contributed by atoms with Gasteiger partial charge >= 0.3 is 5.97 Å². The van der Waals surface area contributed by atoms with E-state index in [9.17, 15) is 4.79 Å². The largest absolute Gasteiger partial charge is 0.493 e. The van der Waals surface area contributed by atoms with E-state index in [1.165, 1.54) is 6.07 Å². The van der Waals surface area contributed by atoms with E-state index >= 15 is 0 Å². The number of esters is 1. The molecule has 0 heterocycles. The molecule has 0 aliphatic carbocycles. The Balaban J connectivity index is 2.91. The minimum Gasteiger partial charge on any atom is -0.493 e. The highest BCUT2D eigenvalue weighted by atomic mass is 35.5. The summed E-state index contributed by atoms with van der Waals surface area (Å²) in [4.78, 5) is 11.9. The third-order valence-electron chi connectivity index (χ3n) is 2.35. The van der Waals surface area contributed by atoms with E-state index in [1.54, 1.807) is 6.07 Å². The summed E-state index contributed by atoms with van der Waals surface area (Å²) < 4.78 is 10.5. The normalized spacial score (nSPS) is 10.2. The summed E-state index contributed by atoms with van der Waals surface area (Å²) in [5.74, 6) is -0.0327. The van der Waals surface area contributed by atoms with Crippen LogP contribution in [0.15, 0.2) is 12.1 Å². The molecule has 100 valence electrons. The summed E-state index contributed by atoms with van der Waals surface area (Å²) in [6, 6.07) is 3.03. The summed E-state index contributed by atoms with van der Waals surface area (Å²) in [6.45, 7) is 4.69. The van der Waals surface area contributed by atoms with Gasteiger partial charge in [0.05, 0.1) is 23.9 Å². The first-order valence-corrected chi connectivity index (χ1v) is 6.36. The second-order valence-corrected chi connectivity index (χ2v) is 4.20. The highest BCUT2D eigenvalue weighted by Gasteiger charge is 2.16. The molecule has 0 saturated heterocycles. The van der Waals surface area contributed by atoms with Crippen LogP contribution in [0.5, 0.6) is 5.75 Å². The van der Waals surface area contributed by atoms with Crippen LogP contribution in [-0.4, -0.2) is 19.2 Å². The monoisotopic (exact) mass is 271 g/mol. The second kappa shape index (κ2) is 7.11. The molecule has 0 aliphatic heterocycles. The van der Waals surface area contributed by atoms with Crippen molar-refractivity contribution >= 4 is 23.3 Å². The number of nitrogen functional groups attached to an aromatic ring is 1. The van der Waals surface area contributed by atoms with Crippen molar-refractivity contribution in [3.8, 4) is 5.75 Å². The summed E-state index contributed by atoms with van der Waals surface area (Å²) in [5.41, 5.74) is 6.37. The Labute approximate surface area is 112 Å². The summed E-state index contributed by atoms with van der Waals surface area (Å²) in [7, 11) is 0. The van der Waals surface area contributed by atoms with Crippen molar-refractivity contribution in [3.05, 3.63) is 22.7 Å². The maximum Gasteiger partial charge on any atom is 0.341 e. The van der Waals surface area contributed by atoms with Crippen LogP contribution in [0.2, 0.25) is 5.02 Å². The molecule has 0 atom stereocenters. The second-order valence-electron chi connectivity index (χ2n) is 3.79. The van der Waals surface area contributed by atoms with E-state index in [1.807, 2.05) is 13.8 Å². The first-order valence-electron chi connectivity index (χ1n) is 5.99. The minimum absolute atomic E-state index is 0.312. The lowest BCUT2D eigenvalue weighted by molar-refractivity contribution is 0.0495. The molecule has 1 rings (SSSR count). The molecule has 1 aromatic rings. The van der Waals surface area contributed by atoms with Gasteiger partial charge in [-0.3, -0.25) is 0 Å². The third kappa shape index (κ3) is 3.81. The molecule has 0 radical (unpaired) electrons. The minimum atomic E-state index is -0.436. The van der Waals surface area contributed by atoms with Crippen LogP contribution in [-0.2, 0) is 4.74 Å². The van der Waals surface area contributed by atoms with Crippen molar-refractivity contribution in [2.24, 2.45) is 0 Å². The van der Waals surface area contributed by atoms with Crippen molar-refractivity contribution in [1.82, 2.24) is 0 Å². The molecular weight excluding hydrogens is 254 g/mol. The van der Waals surface area contributed by atoms with E-state index in [0.29, 0.717) is 35.2 Å². The SMILES string of the molecule is CCCCOC(=O)c1cc(Cl)c(N)cc1OCC. The molecule has 0 fully saturated rings. The standard InChI is InChI=1S/C13H18ClNO3/c1-3-5-6-18-13(16)9-7-10(14)11(15)8-12(9)17-4-2/h7-8H,3-6,15H2,1-2H3. The van der Waals surface area contributed by atoms with Gasteiger partial charge in [-0.05, 0) is 19.4 Å². The van der Waals surface area contributed by atoms with Gasteiger partial charge in [-0.15, -0.1) is 0 Å². The van der Waals surface area contributed by atoms with Crippen LogP contribution in [0.25, 0.3) is 0 Å². The topological polar surface area (TPSA) is 61.5 Å². The molecule has 4 nitrogen and oxygen atoms in total. The fourth-order valence-corrected chi connectivity index (χ4v) is 1.55. The lowest BCUT2D eigenvalue weighted by Gasteiger charge is -2.11. The molecule has 5 heteroatoms. The molecule has 2 N–H and O–H groups in total. The fraction of sp³-hybridized carbons (Fsp3) is 0.462. The molecule has 18 heavy (non-hydrogen) atoms. The molecule has 0 amide bonds. The molecule has 0 aromatic heterocycles. The molecule has 0 bridgehead atoms. The van der Waals surface area contributed by atoms with Crippen LogP contribution >= 0.6 is 11.6 Å². The van der Waals surface area contributed by atoms with Gasteiger partial charge in [-0.2, -0.15) is 0 Å². The maximum atomic E-state index is 11.9. The van der Waals surface area contributed by atoms with Crippen LogP contribution in [0.4, 0.5) is 5.69 Å². The number of unbranched alkanes of at least 4 members (excludes halogenated alkanes) is 1. The zero-order valence-corrected chi connectivity index (χ0v) is 11.4. The van der Waals surface area contributed by atoms with Gasteiger partial charge in [0.1, 0.15) is 11.3 Å². The average molecular weight is 272 g/mol. The Bertz CT molecular complexity index is 421. The number of hydrogen-bond acceptors (Lipinski definition) is 4. The predicted octanol–water partition coefficient (Wildman–Crippen LogP) is 3.28. The number of carbonyl (C=O) groups excluding carboxylic acids is 1. The number of hydrogen-bond donors (Lipinski definition) is 1. The molecule has 0 aliphatic rings. The number of halogens is 1. The Kier molecular flexibility index (Phi) is 5.78. The summed E-state index contributed by atoms with van der Waals surface area (Å²) >= 11 is 5.90. The Morgan fingerprint density at radius 3 is 2.72 bits per heavy atom. The zero-order chi connectivity index (χ0) is 13.5. The molecule has 0 spiro atoms. The van der Waals surface area contributed by atoms with Crippen LogP contribution in [0, 0.1) is 0 Å². The van der Waals surface area contributed by atoms with Gasteiger partial charge in [0.2, 0.25) is 0 Å². The van der Waals surface area contributed by atoms with Crippen molar-refractivity contribution < 1.29 is 14.3 Å². The number of carbonyl (C=O) groups is 1.